The van der Waals surface area contributed by atoms with Gasteiger partial charge in [0.05, 0.1) is 6.61 Å². The van der Waals surface area contributed by atoms with Gasteiger partial charge in [0.15, 0.2) is 0 Å². The lowest BCUT2D eigenvalue weighted by molar-refractivity contribution is 0.0959. The molecule has 0 radical (unpaired) electrons. The van der Waals surface area contributed by atoms with Gasteiger partial charge in [-0.2, -0.15) is 0 Å². The number of nitrogens with one attached hydrogen (secondary N) is 2. The molecule has 2 rings (SSSR count). The Morgan fingerprint density at radius 1 is 1.35 bits per heavy atom. The lowest BCUT2D eigenvalue weighted by Gasteiger charge is -2.31. The van der Waals surface area contributed by atoms with E-state index in [4.69, 9.17) is 4.74 Å². The molecule has 1 aromatic rings. The number of rotatable bonds is 3. The van der Waals surface area contributed by atoms with Crippen LogP contribution in [0.4, 0.5) is 19.7 Å². The summed E-state index contributed by atoms with van der Waals surface area (Å²) in [5.41, 5.74) is 1.02. The van der Waals surface area contributed by atoms with Crippen molar-refractivity contribution in [2.75, 3.05) is 25.0 Å². The minimum atomic E-state index is -0.328. The molecule has 2 N–H and O–H groups in total. The van der Waals surface area contributed by atoms with E-state index in [0.29, 0.717) is 43.8 Å². The highest BCUT2D eigenvalue weighted by atomic mass is 19.1. The molecule has 0 spiro atoms. The fourth-order valence-corrected chi connectivity index (χ4v) is 2.50. The smallest absolute Gasteiger partial charge is 0.409 e. The molecule has 1 heterocycles. The molecule has 0 saturated carbocycles. The van der Waals surface area contributed by atoms with Gasteiger partial charge in [-0.15, -0.1) is 0 Å². The number of urea groups is 1. The Balaban J connectivity index is 1.78. The monoisotopic (exact) mass is 323 g/mol. The number of hydrogen-bond donors (Lipinski definition) is 2. The maximum atomic E-state index is 13.2. The highest BCUT2D eigenvalue weighted by Crippen LogP contribution is 2.15. The van der Waals surface area contributed by atoms with E-state index in [1.165, 1.54) is 12.1 Å². The Morgan fingerprint density at radius 3 is 2.65 bits per heavy atom. The summed E-state index contributed by atoms with van der Waals surface area (Å²) in [5, 5.41) is 5.56. The number of likely N-dealkylation sites (tertiary alicyclic amines) is 1. The Morgan fingerprint density at radius 2 is 2.04 bits per heavy atom. The number of ether oxygens (including phenoxy) is 1. The van der Waals surface area contributed by atoms with Crippen LogP contribution in [0.25, 0.3) is 0 Å². The third-order valence-corrected chi connectivity index (χ3v) is 3.77. The molecule has 0 unspecified atom stereocenters. The Kier molecular flexibility index (Phi) is 5.78. The van der Waals surface area contributed by atoms with E-state index < -0.39 is 0 Å². The predicted molar refractivity (Wildman–Crippen MR) is 84.9 cm³/mol. The van der Waals surface area contributed by atoms with Crippen LogP contribution in [0.1, 0.15) is 25.3 Å². The molecule has 23 heavy (non-hydrogen) atoms. The van der Waals surface area contributed by atoms with Gasteiger partial charge in [0.1, 0.15) is 5.82 Å². The lowest BCUT2D eigenvalue weighted by atomic mass is 10.1. The summed E-state index contributed by atoms with van der Waals surface area (Å²) in [4.78, 5) is 25.2. The van der Waals surface area contributed by atoms with E-state index in [2.05, 4.69) is 10.6 Å². The van der Waals surface area contributed by atoms with E-state index in [1.807, 2.05) is 0 Å². The second kappa shape index (κ2) is 7.80. The van der Waals surface area contributed by atoms with Crippen molar-refractivity contribution >= 4 is 17.8 Å². The summed E-state index contributed by atoms with van der Waals surface area (Å²) in [6, 6.07) is 4.10. The molecular weight excluding hydrogens is 301 g/mol. The molecule has 0 aliphatic carbocycles. The first-order chi connectivity index (χ1) is 11.0. The Labute approximate surface area is 135 Å². The van der Waals surface area contributed by atoms with E-state index in [9.17, 15) is 14.0 Å². The number of piperidine rings is 1. The van der Waals surface area contributed by atoms with Crippen molar-refractivity contribution in [1.29, 1.82) is 0 Å². The van der Waals surface area contributed by atoms with E-state index in [-0.39, 0.29) is 24.0 Å². The zero-order chi connectivity index (χ0) is 16.8. The van der Waals surface area contributed by atoms with Crippen LogP contribution in [0.15, 0.2) is 18.2 Å². The van der Waals surface area contributed by atoms with Crippen molar-refractivity contribution in [2.45, 2.75) is 32.7 Å². The van der Waals surface area contributed by atoms with Crippen LogP contribution in [0.5, 0.6) is 0 Å². The quantitative estimate of drug-likeness (QED) is 0.898. The first-order valence-corrected chi connectivity index (χ1v) is 7.75. The fraction of sp³-hybridized carbons (Fsp3) is 0.500. The molecular formula is C16H22FN3O3. The van der Waals surface area contributed by atoms with Crippen LogP contribution in [0.3, 0.4) is 0 Å². The maximum Gasteiger partial charge on any atom is 0.409 e. The highest BCUT2D eigenvalue weighted by molar-refractivity contribution is 5.89. The number of aryl methyl sites for hydroxylation is 1. The Hall–Kier alpha value is -2.31. The van der Waals surface area contributed by atoms with Gasteiger partial charge in [-0.25, -0.2) is 14.0 Å². The van der Waals surface area contributed by atoms with E-state index in [0.717, 1.165) is 0 Å². The highest BCUT2D eigenvalue weighted by Gasteiger charge is 2.24. The van der Waals surface area contributed by atoms with Crippen molar-refractivity contribution < 1.29 is 18.7 Å². The van der Waals surface area contributed by atoms with Crippen LogP contribution in [-0.4, -0.2) is 42.8 Å². The standard InChI is InChI=1S/C16H22FN3O3/c1-3-23-16(22)20-8-6-12(7-9-20)18-15(21)19-13-4-5-14(17)11(2)10-13/h4-5,10,12H,3,6-9H2,1-2H3,(H2,18,19,21). The number of anilines is 1. The van der Waals surface area contributed by atoms with Crippen molar-refractivity contribution in [1.82, 2.24) is 10.2 Å². The SMILES string of the molecule is CCOC(=O)N1CCC(NC(=O)Nc2ccc(F)c(C)c2)CC1. The van der Waals surface area contributed by atoms with Crippen LogP contribution < -0.4 is 10.6 Å². The van der Waals surface area contributed by atoms with Crippen LogP contribution in [-0.2, 0) is 4.74 Å². The number of nitrogens with zero attached hydrogens (tertiary/aromatic N) is 1. The third kappa shape index (κ3) is 4.84. The molecule has 6 nitrogen and oxygen atoms in total. The third-order valence-electron chi connectivity index (χ3n) is 3.77. The lowest BCUT2D eigenvalue weighted by Crippen LogP contribution is -2.47. The van der Waals surface area contributed by atoms with Gasteiger partial charge in [0.25, 0.3) is 0 Å². The molecule has 1 aromatic carbocycles. The summed E-state index contributed by atoms with van der Waals surface area (Å²) in [7, 11) is 0. The summed E-state index contributed by atoms with van der Waals surface area (Å²) in [6.45, 7) is 4.88. The van der Waals surface area contributed by atoms with Gasteiger partial charge >= 0.3 is 12.1 Å². The topological polar surface area (TPSA) is 70.7 Å². The zero-order valence-electron chi connectivity index (χ0n) is 13.4. The van der Waals surface area contributed by atoms with Crippen molar-refractivity contribution in [3.05, 3.63) is 29.6 Å². The maximum absolute atomic E-state index is 13.2. The number of carbonyl (C=O) groups excluding carboxylic acids is 2. The van der Waals surface area contributed by atoms with Gasteiger partial charge < -0.3 is 20.3 Å². The zero-order valence-corrected chi connectivity index (χ0v) is 13.4. The van der Waals surface area contributed by atoms with Gasteiger partial charge in [0, 0.05) is 24.8 Å². The average Bonchev–Trinajstić information content (AvgIpc) is 2.52. The van der Waals surface area contributed by atoms with Gasteiger partial charge in [-0.1, -0.05) is 0 Å². The molecule has 0 aromatic heterocycles. The first kappa shape index (κ1) is 17.1. The number of benzene rings is 1. The van der Waals surface area contributed by atoms with Crippen LogP contribution >= 0.6 is 0 Å². The summed E-state index contributed by atoms with van der Waals surface area (Å²) < 4.78 is 18.1. The Bertz CT molecular complexity index is 572. The molecule has 3 amide bonds. The van der Waals surface area contributed by atoms with Crippen LogP contribution in [0.2, 0.25) is 0 Å². The molecule has 0 atom stereocenters. The summed E-state index contributed by atoms with van der Waals surface area (Å²) in [6.07, 6.45) is 1.04. The number of halogens is 1. The minimum Gasteiger partial charge on any atom is -0.450 e. The molecule has 1 aliphatic heterocycles. The largest absolute Gasteiger partial charge is 0.450 e. The van der Waals surface area contributed by atoms with Crippen LogP contribution in [0, 0.1) is 12.7 Å². The van der Waals surface area contributed by atoms with Crippen molar-refractivity contribution in [3.63, 3.8) is 0 Å². The predicted octanol–water partition coefficient (Wildman–Crippen LogP) is 2.88. The molecule has 0 bridgehead atoms. The van der Waals surface area contributed by atoms with Crippen molar-refractivity contribution in [2.24, 2.45) is 0 Å². The van der Waals surface area contributed by atoms with Crippen molar-refractivity contribution in [3.8, 4) is 0 Å². The van der Waals surface area contributed by atoms with E-state index >= 15 is 0 Å². The number of hydrogen-bond acceptors (Lipinski definition) is 3. The van der Waals surface area contributed by atoms with Gasteiger partial charge in [-0.3, -0.25) is 0 Å². The molecule has 126 valence electrons. The van der Waals surface area contributed by atoms with Gasteiger partial charge in [0.2, 0.25) is 0 Å². The normalized spacial score (nSPS) is 15.2. The fourth-order valence-electron chi connectivity index (χ4n) is 2.50. The minimum absolute atomic E-state index is 0.00206. The second-order valence-electron chi connectivity index (χ2n) is 5.52. The molecule has 1 fully saturated rings. The summed E-state index contributed by atoms with van der Waals surface area (Å²) >= 11 is 0. The van der Waals surface area contributed by atoms with Gasteiger partial charge in [-0.05, 0) is 50.5 Å². The number of amides is 3. The number of carbonyl (C=O) groups is 2. The van der Waals surface area contributed by atoms with E-state index in [1.54, 1.807) is 24.8 Å². The molecule has 1 aliphatic rings. The molecule has 1 saturated heterocycles. The second-order valence-corrected chi connectivity index (χ2v) is 5.52. The molecule has 7 heteroatoms. The average molecular weight is 323 g/mol. The summed E-state index contributed by atoms with van der Waals surface area (Å²) in [5.74, 6) is -0.303. The first-order valence-electron chi connectivity index (χ1n) is 7.75.